The van der Waals surface area contributed by atoms with Crippen molar-refractivity contribution in [2.24, 2.45) is 0 Å². The molecular weight excluding hydrogens is 1810 g/mol. The maximum Gasteiger partial charge on any atom is 0.0619 e. The van der Waals surface area contributed by atoms with Crippen LogP contribution in [0.3, 0.4) is 0 Å². The van der Waals surface area contributed by atoms with Gasteiger partial charge in [-0.3, -0.25) is 0 Å². The lowest BCUT2D eigenvalue weighted by Crippen LogP contribution is -2.00. The van der Waals surface area contributed by atoms with E-state index in [1.54, 1.807) is 0 Å². The second-order valence-electron chi connectivity index (χ2n) is 38.8. The summed E-state index contributed by atoms with van der Waals surface area (Å²) >= 11 is 0. The summed E-state index contributed by atoms with van der Waals surface area (Å²) in [5, 5.41) is 15.0. The van der Waals surface area contributed by atoms with Gasteiger partial charge in [-0.1, -0.05) is 443 Å². The Morgan fingerprint density at radius 1 is 0.107 bits per heavy atom. The molecule has 0 aliphatic carbocycles. The van der Waals surface area contributed by atoms with Gasteiger partial charge in [-0.05, 0) is 217 Å². The zero-order valence-corrected chi connectivity index (χ0v) is 82.1. The van der Waals surface area contributed by atoms with Crippen molar-refractivity contribution in [3.63, 3.8) is 0 Å². The van der Waals surface area contributed by atoms with Gasteiger partial charge in [0.05, 0.1) is 77.6 Å². The molecule has 0 saturated carbocycles. The molecule has 30 rings (SSSR count). The molecule has 150 heavy (non-hydrogen) atoms. The Morgan fingerprint density at radius 3 is 0.827 bits per heavy atom. The lowest BCUT2D eigenvalue weighted by atomic mass is 9.92. The predicted octanol–water partition coefficient (Wildman–Crippen LogP) is 38.6. The molecule has 0 atom stereocenters. The molecule has 0 aliphatic rings. The predicted molar refractivity (Wildman–Crippen MR) is 634 cm³/mol. The molecule has 0 spiro atoms. The zero-order valence-electron chi connectivity index (χ0n) is 82.1. The first-order chi connectivity index (χ1) is 74.5. The molecule has 0 amide bonds. The fraction of sp³-hybridized carbons (Fsp3) is 0. The molecule has 0 fully saturated rings. The van der Waals surface area contributed by atoms with E-state index in [9.17, 15) is 0 Å². The Bertz CT molecular complexity index is 10400. The van der Waals surface area contributed by atoms with Crippen LogP contribution >= 0.6 is 0 Å². The van der Waals surface area contributed by atoms with Crippen LogP contribution in [0.4, 0.5) is 0 Å². The van der Waals surface area contributed by atoms with Gasteiger partial charge < -0.3 is 27.4 Å². The monoisotopic (exact) mass is 1910 g/mol. The highest BCUT2D eigenvalue weighted by Crippen LogP contribution is 2.51. The van der Waals surface area contributed by atoms with Crippen molar-refractivity contribution in [2.75, 3.05) is 0 Å². The fourth-order valence-electron chi connectivity index (χ4n) is 23.9. The number of hydrogen-bond acceptors (Lipinski definition) is 0. The van der Waals surface area contributed by atoms with E-state index in [-0.39, 0.29) is 0 Å². The van der Waals surface area contributed by atoms with Gasteiger partial charge in [-0.2, -0.15) is 0 Å². The summed E-state index contributed by atoms with van der Waals surface area (Å²) in [5.41, 5.74) is 43.2. The summed E-state index contributed by atoms with van der Waals surface area (Å²) in [6.45, 7) is 0. The van der Waals surface area contributed by atoms with E-state index < -0.39 is 0 Å². The average molecular weight is 1910 g/mol. The SMILES string of the molecule is c1ccc(-c2cc(-c3ccccc3)cc(-n3c4ccccc4c4c(-c5ccc6c(c5)c5ccccc5n6-c5ccccc5)cccc43)c2)cc1.c1ccc(-c2ccc(-n3c4ccccc4c4cccc(-c5cccc6c5c5ccccc5n6-c5ccccc5)c43)c(-c3ccccc3)c2)cc1.c1ccc(-c2cccc(-n3c4ccccc4c4cccc(-c5cccc6c5c5ccccc5n6-c5ccccc5)c43)c2-c2ccccc2)cc1. The number of benzene rings is 24. The van der Waals surface area contributed by atoms with Crippen molar-refractivity contribution in [3.05, 3.63) is 582 Å². The number of fused-ring (bicyclic) bond motifs is 18. The first-order valence-electron chi connectivity index (χ1n) is 51.6. The number of aromatic nitrogens is 6. The van der Waals surface area contributed by atoms with Crippen molar-refractivity contribution < 1.29 is 0 Å². The molecule has 0 radical (unpaired) electrons. The molecule has 0 N–H and O–H groups in total. The van der Waals surface area contributed by atoms with Crippen LogP contribution in [0.25, 0.3) is 265 Å². The normalized spacial score (nSPS) is 11.6. The first kappa shape index (κ1) is 87.8. The van der Waals surface area contributed by atoms with Crippen LogP contribution in [0.5, 0.6) is 0 Å². The number of hydrogen-bond donors (Lipinski definition) is 0. The smallest absolute Gasteiger partial charge is 0.0619 e. The highest BCUT2D eigenvalue weighted by Gasteiger charge is 2.29. The van der Waals surface area contributed by atoms with Crippen LogP contribution in [0.15, 0.2) is 582 Å². The van der Waals surface area contributed by atoms with Crippen LogP contribution in [0.1, 0.15) is 0 Å². The number of nitrogens with zero attached hydrogens (tertiary/aromatic N) is 6. The van der Waals surface area contributed by atoms with Gasteiger partial charge in [0.1, 0.15) is 0 Å². The number of rotatable bonds is 15. The largest absolute Gasteiger partial charge is 0.309 e. The number of para-hydroxylation sites is 11. The third kappa shape index (κ3) is 14.9. The van der Waals surface area contributed by atoms with E-state index >= 15 is 0 Å². The first-order valence-corrected chi connectivity index (χ1v) is 51.6. The van der Waals surface area contributed by atoms with Gasteiger partial charge >= 0.3 is 0 Å². The topological polar surface area (TPSA) is 29.6 Å². The second-order valence-corrected chi connectivity index (χ2v) is 38.8. The van der Waals surface area contributed by atoms with E-state index in [4.69, 9.17) is 0 Å². The third-order valence-corrected chi connectivity index (χ3v) is 30.3. The van der Waals surface area contributed by atoms with Crippen molar-refractivity contribution in [2.45, 2.75) is 0 Å². The zero-order chi connectivity index (χ0) is 99.1. The molecule has 6 aromatic heterocycles. The van der Waals surface area contributed by atoms with Crippen LogP contribution in [0, 0.1) is 0 Å². The minimum absolute atomic E-state index is 1.15. The van der Waals surface area contributed by atoms with E-state index in [0.29, 0.717) is 0 Å². The molecule has 702 valence electrons. The summed E-state index contributed by atoms with van der Waals surface area (Å²) in [6.07, 6.45) is 0. The maximum absolute atomic E-state index is 2.52. The van der Waals surface area contributed by atoms with E-state index in [0.717, 1.165) is 28.4 Å². The summed E-state index contributed by atoms with van der Waals surface area (Å²) < 4.78 is 14.7. The van der Waals surface area contributed by atoms with Crippen LogP contribution in [0.2, 0.25) is 0 Å². The van der Waals surface area contributed by atoms with E-state index in [1.807, 2.05) is 0 Å². The second kappa shape index (κ2) is 37.4. The summed E-state index contributed by atoms with van der Waals surface area (Å²) in [6, 6.07) is 211. The van der Waals surface area contributed by atoms with Gasteiger partial charge in [-0.25, -0.2) is 0 Å². The molecule has 6 heteroatoms. The Hall–Kier alpha value is -19.9. The Morgan fingerprint density at radius 2 is 0.387 bits per heavy atom. The highest BCUT2D eigenvalue weighted by atomic mass is 15.0. The third-order valence-electron chi connectivity index (χ3n) is 30.3. The fourth-order valence-corrected chi connectivity index (χ4v) is 23.9. The summed E-state index contributed by atoms with van der Waals surface area (Å²) in [4.78, 5) is 0. The van der Waals surface area contributed by atoms with Crippen molar-refractivity contribution in [3.8, 4) is 134 Å². The van der Waals surface area contributed by atoms with Crippen molar-refractivity contribution >= 4 is 131 Å². The molecule has 30 aromatic rings. The Kier molecular flexibility index (Phi) is 21.9. The standard InChI is InChI=1S/3C48H32N2/c1-4-17-33(18-5-1)36-25-15-31-44(46(36)34-19-6-2-7-20-34)50-42-29-12-10-23-37(42)39-27-14-28-40(48(39)50)38-26-16-32-45-47(38)41-24-11-13-30-43(41)49(45)35-21-8-3-9-22-35;1-4-16-33(17-5-1)35-30-31-45(42(32-35)34-18-6-2-7-19-34)50-43-27-12-10-22-37(43)39-25-14-26-40(48(39)50)38-24-15-29-46-47(38)41-23-11-13-28-44(41)49(46)36-20-8-3-9-21-36;1-4-15-33(16-5-1)36-29-37(34-17-6-2-7-18-34)31-39(30-36)50-45-25-13-11-22-42(45)48-40(23-14-26-47(48)50)35-27-28-46-43(32-35)41-21-10-12-24-44(41)49(46)38-19-8-3-9-20-38/h3*1-32H. The van der Waals surface area contributed by atoms with Gasteiger partial charge in [0, 0.05) is 110 Å². The Balaban J connectivity index is 0.000000108. The van der Waals surface area contributed by atoms with Gasteiger partial charge in [0.2, 0.25) is 0 Å². The lowest BCUT2D eigenvalue weighted by molar-refractivity contribution is 1.18. The molecule has 6 nitrogen and oxygen atoms in total. The van der Waals surface area contributed by atoms with E-state index in [2.05, 4.69) is 610 Å². The van der Waals surface area contributed by atoms with Crippen LogP contribution in [-0.4, -0.2) is 27.4 Å². The summed E-state index contributed by atoms with van der Waals surface area (Å²) in [7, 11) is 0. The minimum atomic E-state index is 1.15. The molecule has 6 heterocycles. The van der Waals surface area contributed by atoms with Gasteiger partial charge in [0.15, 0.2) is 0 Å². The molecular formula is C144H96N6. The summed E-state index contributed by atoms with van der Waals surface area (Å²) in [5.74, 6) is 0. The van der Waals surface area contributed by atoms with Gasteiger partial charge in [-0.15, -0.1) is 0 Å². The molecule has 0 unspecified atom stereocenters. The minimum Gasteiger partial charge on any atom is -0.309 e. The van der Waals surface area contributed by atoms with E-state index in [1.165, 1.54) is 237 Å². The molecule has 0 saturated heterocycles. The Labute approximate surface area is 868 Å². The van der Waals surface area contributed by atoms with Crippen LogP contribution < -0.4 is 0 Å². The van der Waals surface area contributed by atoms with Gasteiger partial charge in [0.25, 0.3) is 0 Å². The van der Waals surface area contributed by atoms with Crippen LogP contribution in [-0.2, 0) is 0 Å². The molecule has 0 aliphatic heterocycles. The average Bonchev–Trinajstić information content (AvgIpc) is 1.56. The van der Waals surface area contributed by atoms with Crippen molar-refractivity contribution in [1.29, 1.82) is 0 Å². The quantitative estimate of drug-likeness (QED) is 0.0979. The lowest BCUT2D eigenvalue weighted by Gasteiger charge is -2.19. The van der Waals surface area contributed by atoms with Crippen molar-refractivity contribution in [1.82, 2.24) is 27.4 Å². The highest BCUT2D eigenvalue weighted by molar-refractivity contribution is 6.24. The molecule has 24 aromatic carbocycles. The molecule has 0 bridgehead atoms. The maximum atomic E-state index is 2.52.